The van der Waals surface area contributed by atoms with Crippen molar-refractivity contribution in [1.29, 1.82) is 0 Å². The molecule has 0 bridgehead atoms. The number of rotatable bonds is 6. The lowest BCUT2D eigenvalue weighted by Crippen LogP contribution is -2.56. The van der Waals surface area contributed by atoms with Crippen LogP contribution in [0, 0.1) is 0 Å². The monoisotopic (exact) mass is 456 g/mol. The molecule has 0 amide bonds. The van der Waals surface area contributed by atoms with Crippen molar-refractivity contribution in [2.75, 3.05) is 14.2 Å². The molecule has 0 radical (unpaired) electrons. The molecule has 1 aromatic rings. The van der Waals surface area contributed by atoms with E-state index in [4.69, 9.17) is 28.8 Å². The summed E-state index contributed by atoms with van der Waals surface area (Å²) >= 11 is 0. The average molecular weight is 456 g/mol. The van der Waals surface area contributed by atoms with Gasteiger partial charge >= 0.3 is 23.9 Å². The predicted molar refractivity (Wildman–Crippen MR) is 107 cm³/mol. The Labute approximate surface area is 185 Å². The number of aliphatic hydroxyl groups excluding tert-OH is 1. The second-order valence-electron chi connectivity index (χ2n) is 6.58. The highest BCUT2D eigenvalue weighted by molar-refractivity contribution is 5.77. The Kier molecular flexibility index (Phi) is 11.1. The normalized spacial score (nSPS) is 21.8. The van der Waals surface area contributed by atoms with Gasteiger partial charge in [0.1, 0.15) is 11.9 Å². The van der Waals surface area contributed by atoms with Crippen LogP contribution in [-0.2, 0) is 49.5 Å². The summed E-state index contributed by atoms with van der Waals surface area (Å²) in [5.41, 5.74) is 0.701. The lowest BCUT2D eigenvalue weighted by molar-refractivity contribution is -0.241. The quantitative estimate of drug-likeness (QED) is 0.481. The fraction of sp³-hybridized carbons (Fsp3) is 0.524. The molecular formula is C21H28O11. The number of ether oxygens (including phenoxy) is 6. The van der Waals surface area contributed by atoms with E-state index in [-0.39, 0.29) is 19.0 Å². The molecule has 11 nitrogen and oxygen atoms in total. The molecule has 0 aliphatic carbocycles. The molecule has 0 unspecified atom stereocenters. The molecule has 1 fully saturated rings. The van der Waals surface area contributed by atoms with Gasteiger partial charge in [-0.3, -0.25) is 14.4 Å². The van der Waals surface area contributed by atoms with E-state index in [1.165, 1.54) is 27.9 Å². The number of hydrogen-bond acceptors (Lipinski definition) is 11. The van der Waals surface area contributed by atoms with Crippen molar-refractivity contribution in [3.8, 4) is 5.75 Å². The summed E-state index contributed by atoms with van der Waals surface area (Å²) < 4.78 is 30.5. The Hall–Kier alpha value is -3.18. The van der Waals surface area contributed by atoms with Crippen LogP contribution in [0.5, 0.6) is 5.75 Å². The summed E-state index contributed by atoms with van der Waals surface area (Å²) in [6, 6.07) is 6.59. The smallest absolute Gasteiger partial charge is 0.339 e. The minimum atomic E-state index is -1.32. The maximum absolute atomic E-state index is 12.1. The Morgan fingerprint density at radius 2 is 1.50 bits per heavy atom. The molecular weight excluding hydrogens is 428 g/mol. The number of benzene rings is 1. The van der Waals surface area contributed by atoms with Gasteiger partial charge in [0, 0.05) is 20.8 Å². The first kappa shape index (κ1) is 26.9. The van der Waals surface area contributed by atoms with Gasteiger partial charge in [-0.15, -0.1) is 0 Å². The summed E-state index contributed by atoms with van der Waals surface area (Å²) in [6.07, 6.45) is -4.35. The molecule has 1 aromatic carbocycles. The van der Waals surface area contributed by atoms with Crippen molar-refractivity contribution < 1.29 is 52.7 Å². The van der Waals surface area contributed by atoms with Crippen LogP contribution in [0.2, 0.25) is 0 Å². The van der Waals surface area contributed by atoms with E-state index in [2.05, 4.69) is 4.74 Å². The van der Waals surface area contributed by atoms with Gasteiger partial charge in [-0.05, 0) is 17.7 Å². The topological polar surface area (TPSA) is 144 Å². The number of hydrogen-bond donors (Lipinski definition) is 1. The van der Waals surface area contributed by atoms with Crippen LogP contribution < -0.4 is 4.74 Å². The Morgan fingerprint density at radius 3 is 1.94 bits per heavy atom. The first-order valence-electron chi connectivity index (χ1n) is 9.60. The van der Waals surface area contributed by atoms with Crippen LogP contribution in [0.15, 0.2) is 24.3 Å². The van der Waals surface area contributed by atoms with Gasteiger partial charge in [0.2, 0.25) is 6.29 Å². The van der Waals surface area contributed by atoms with Gasteiger partial charge in [0.25, 0.3) is 0 Å². The molecule has 1 N–H and O–H groups in total. The molecule has 178 valence electrons. The van der Waals surface area contributed by atoms with Gasteiger partial charge in [-0.25, -0.2) is 4.79 Å². The van der Waals surface area contributed by atoms with Crippen LogP contribution >= 0.6 is 0 Å². The molecule has 1 heterocycles. The third-order valence-electron chi connectivity index (χ3n) is 4.10. The predicted octanol–water partition coefficient (Wildman–Crippen LogP) is 0.888. The maximum atomic E-state index is 12.1. The fourth-order valence-electron chi connectivity index (χ4n) is 2.68. The highest BCUT2D eigenvalue weighted by Gasteiger charge is 2.48. The summed E-state index contributed by atoms with van der Waals surface area (Å²) in [5.74, 6) is -1.87. The molecule has 0 spiro atoms. The van der Waals surface area contributed by atoms with E-state index in [1.54, 1.807) is 24.3 Å². The van der Waals surface area contributed by atoms with Crippen LogP contribution in [0.25, 0.3) is 0 Å². The number of aliphatic hydroxyl groups is 1. The van der Waals surface area contributed by atoms with Crippen molar-refractivity contribution >= 4 is 23.9 Å². The molecule has 4 atom stereocenters. The third-order valence-corrected chi connectivity index (χ3v) is 4.10. The molecule has 0 saturated carbocycles. The van der Waals surface area contributed by atoms with Crippen molar-refractivity contribution in [1.82, 2.24) is 0 Å². The zero-order chi connectivity index (χ0) is 24.3. The zero-order valence-electron chi connectivity index (χ0n) is 18.6. The molecule has 11 heteroatoms. The highest BCUT2D eigenvalue weighted by atomic mass is 16.7. The summed E-state index contributed by atoms with van der Waals surface area (Å²) in [5, 5.41) is 9.09. The van der Waals surface area contributed by atoms with Crippen LogP contribution in [-0.4, -0.2) is 67.8 Å². The number of carbonyl (C=O) groups is 4. The minimum absolute atomic E-state index is 0.0345. The van der Waals surface area contributed by atoms with E-state index in [0.717, 1.165) is 7.11 Å². The standard InChI is InChI=1S/C18H22O9.C3H6O2/c1-10(20)24-14-8-15(26-13-6-4-12(9-19)5-7-13)27-17(18(22)23-3)16(14)25-11(2)21;1-3(4)5-2/h4-7,14-17,19H,8-9H2,1-3H3;1-2H3/t14-,15-,16+,17+;/m1./s1. The molecule has 1 aliphatic rings. The Bertz CT molecular complexity index is 774. The van der Waals surface area contributed by atoms with E-state index in [9.17, 15) is 19.2 Å². The van der Waals surface area contributed by atoms with E-state index in [1.807, 2.05) is 0 Å². The Morgan fingerprint density at radius 1 is 0.938 bits per heavy atom. The first-order valence-corrected chi connectivity index (χ1v) is 9.60. The van der Waals surface area contributed by atoms with Crippen molar-refractivity contribution in [3.05, 3.63) is 29.8 Å². The van der Waals surface area contributed by atoms with Gasteiger partial charge in [-0.2, -0.15) is 0 Å². The number of esters is 4. The number of methoxy groups -OCH3 is 2. The molecule has 1 saturated heterocycles. The molecule has 0 aromatic heterocycles. The van der Waals surface area contributed by atoms with E-state index >= 15 is 0 Å². The van der Waals surface area contributed by atoms with Gasteiger partial charge in [0.05, 0.1) is 27.2 Å². The van der Waals surface area contributed by atoms with Crippen LogP contribution in [0.3, 0.4) is 0 Å². The van der Waals surface area contributed by atoms with E-state index < -0.39 is 42.5 Å². The fourth-order valence-corrected chi connectivity index (χ4v) is 2.68. The molecule has 1 aliphatic heterocycles. The third kappa shape index (κ3) is 8.90. The number of carbonyl (C=O) groups excluding carboxylic acids is 4. The van der Waals surface area contributed by atoms with Crippen LogP contribution in [0.4, 0.5) is 0 Å². The van der Waals surface area contributed by atoms with Crippen molar-refractivity contribution in [2.24, 2.45) is 0 Å². The lowest BCUT2D eigenvalue weighted by Gasteiger charge is -2.38. The van der Waals surface area contributed by atoms with E-state index in [0.29, 0.717) is 11.3 Å². The second-order valence-corrected chi connectivity index (χ2v) is 6.58. The van der Waals surface area contributed by atoms with Crippen LogP contribution in [0.1, 0.15) is 32.8 Å². The lowest BCUT2D eigenvalue weighted by atomic mass is 10.0. The molecule has 32 heavy (non-hydrogen) atoms. The Balaban J connectivity index is 0.000000920. The minimum Gasteiger partial charge on any atom is -0.469 e. The first-order chi connectivity index (χ1) is 15.1. The maximum Gasteiger partial charge on any atom is 0.339 e. The second kappa shape index (κ2) is 13.3. The zero-order valence-corrected chi connectivity index (χ0v) is 18.6. The average Bonchev–Trinajstić information content (AvgIpc) is 2.75. The summed E-state index contributed by atoms with van der Waals surface area (Å²) in [6.45, 7) is 3.63. The van der Waals surface area contributed by atoms with Crippen molar-refractivity contribution in [2.45, 2.75) is 58.4 Å². The van der Waals surface area contributed by atoms with Gasteiger partial charge in [-0.1, -0.05) is 12.1 Å². The SMILES string of the molecule is COC(=O)[C@H]1O[C@@H](Oc2ccc(CO)cc2)C[C@@H](OC(C)=O)[C@@H]1OC(C)=O.COC(C)=O. The summed E-state index contributed by atoms with van der Waals surface area (Å²) in [4.78, 5) is 44.6. The highest BCUT2D eigenvalue weighted by Crippen LogP contribution is 2.28. The van der Waals surface area contributed by atoms with Crippen molar-refractivity contribution in [3.63, 3.8) is 0 Å². The summed E-state index contributed by atoms with van der Waals surface area (Å²) in [7, 11) is 2.51. The van der Waals surface area contributed by atoms with Gasteiger partial charge in [0.15, 0.2) is 12.2 Å². The molecule has 2 rings (SSSR count). The largest absolute Gasteiger partial charge is 0.469 e. The van der Waals surface area contributed by atoms with Gasteiger partial charge < -0.3 is 33.5 Å².